The van der Waals surface area contributed by atoms with Crippen LogP contribution >= 0.6 is 0 Å². The molecule has 0 unspecified atom stereocenters. The molecule has 0 aromatic heterocycles. The number of allylic oxidation sites excluding steroid dienone is 2. The van der Waals surface area contributed by atoms with Crippen molar-refractivity contribution in [2.24, 2.45) is 0 Å². The van der Waals surface area contributed by atoms with Gasteiger partial charge in [0.25, 0.3) is 0 Å². The van der Waals surface area contributed by atoms with Crippen LogP contribution in [-0.4, -0.2) is 29.2 Å². The number of aryl methyl sites for hydroxylation is 2. The van der Waals surface area contributed by atoms with Crippen LogP contribution in [-0.2, 0) is 25.7 Å². The van der Waals surface area contributed by atoms with E-state index in [1.54, 1.807) is 12.1 Å². The maximum absolute atomic E-state index is 15.1. The van der Waals surface area contributed by atoms with Crippen molar-refractivity contribution in [2.75, 3.05) is 0 Å². The van der Waals surface area contributed by atoms with E-state index in [1.807, 2.05) is 0 Å². The van der Waals surface area contributed by atoms with Gasteiger partial charge in [-0.25, -0.2) is 0 Å². The van der Waals surface area contributed by atoms with Crippen LogP contribution in [0.2, 0.25) is 0 Å². The summed E-state index contributed by atoms with van der Waals surface area (Å²) in [6.07, 6.45) is -7.22. The van der Waals surface area contributed by atoms with Crippen LogP contribution < -0.4 is 8.37 Å². The summed E-state index contributed by atoms with van der Waals surface area (Å²) in [5.41, 5.74) is -7.43. The summed E-state index contributed by atoms with van der Waals surface area (Å²) < 4.78 is 154. The molecule has 0 spiro atoms. The second kappa shape index (κ2) is 13.7. The average molecular weight is 725 g/mol. The van der Waals surface area contributed by atoms with Crippen LogP contribution in [0.15, 0.2) is 107 Å². The first-order valence-electron chi connectivity index (χ1n) is 14.5. The third-order valence-electron chi connectivity index (χ3n) is 7.55. The topological polar surface area (TPSA) is 86.7 Å². The molecule has 4 aromatic carbocycles. The highest BCUT2D eigenvalue weighted by Crippen LogP contribution is 2.57. The standard InChI is InChI=1S/C35H30F6O6S2/c1-5-11-25-21-27(17-19-29(25)46-48(42,43)31-15-9-7-13-23(31)3)33(34(36,37)38,35(39,40)41)28-18-20-30(26(22-28)12-6-2)47-49(44,45)32-16-10-8-14-24(32)4/h5-22H,1-4H3. The number of hydrogen-bond acceptors (Lipinski definition) is 6. The summed E-state index contributed by atoms with van der Waals surface area (Å²) in [4.78, 5) is -0.484. The molecular weight excluding hydrogens is 695 g/mol. The average Bonchev–Trinajstić information content (AvgIpc) is 2.99. The van der Waals surface area contributed by atoms with Crippen LogP contribution in [0, 0.1) is 13.8 Å². The van der Waals surface area contributed by atoms with Gasteiger partial charge in [0.15, 0.2) is 0 Å². The Labute approximate surface area is 280 Å². The molecule has 0 aliphatic carbocycles. The lowest BCUT2D eigenvalue weighted by molar-refractivity contribution is -0.288. The summed E-state index contributed by atoms with van der Waals surface area (Å²) in [6.45, 7) is 5.84. The lowest BCUT2D eigenvalue weighted by Gasteiger charge is -2.38. The minimum Gasteiger partial charge on any atom is -0.378 e. The van der Waals surface area contributed by atoms with Crippen molar-refractivity contribution in [1.82, 2.24) is 0 Å². The van der Waals surface area contributed by atoms with Crippen LogP contribution in [0.4, 0.5) is 26.3 Å². The van der Waals surface area contributed by atoms with Gasteiger partial charge >= 0.3 is 32.6 Å². The molecule has 6 nitrogen and oxygen atoms in total. The highest BCUT2D eigenvalue weighted by atomic mass is 32.2. The molecule has 4 aromatic rings. The van der Waals surface area contributed by atoms with Crippen molar-refractivity contribution in [3.63, 3.8) is 0 Å². The Balaban J connectivity index is 1.94. The fraction of sp³-hybridized carbons (Fsp3) is 0.200. The molecular formula is C35H30F6O6S2. The molecule has 0 amide bonds. The van der Waals surface area contributed by atoms with E-state index in [0.717, 1.165) is 24.3 Å². The predicted molar refractivity (Wildman–Crippen MR) is 173 cm³/mol. The highest BCUT2D eigenvalue weighted by molar-refractivity contribution is 7.87. The fourth-order valence-electron chi connectivity index (χ4n) is 5.32. The van der Waals surface area contributed by atoms with E-state index in [2.05, 4.69) is 0 Å². The maximum Gasteiger partial charge on any atom is 0.411 e. The number of benzene rings is 4. The van der Waals surface area contributed by atoms with E-state index >= 15 is 26.3 Å². The molecule has 0 bridgehead atoms. The summed E-state index contributed by atoms with van der Waals surface area (Å²) in [7, 11) is -9.09. The molecule has 0 heterocycles. The van der Waals surface area contributed by atoms with Crippen molar-refractivity contribution >= 4 is 32.4 Å². The van der Waals surface area contributed by atoms with E-state index in [1.165, 1.54) is 76.2 Å². The molecule has 0 aliphatic heterocycles. The fourth-order valence-corrected chi connectivity index (χ4v) is 7.69. The molecule has 0 saturated carbocycles. The normalized spacial score (nSPS) is 13.3. The minimum absolute atomic E-state index is 0.242. The van der Waals surface area contributed by atoms with E-state index in [0.29, 0.717) is 35.4 Å². The van der Waals surface area contributed by atoms with Crippen molar-refractivity contribution < 1.29 is 51.5 Å². The second-order valence-electron chi connectivity index (χ2n) is 10.9. The molecule has 0 saturated heterocycles. The first-order valence-corrected chi connectivity index (χ1v) is 17.3. The number of rotatable bonds is 10. The van der Waals surface area contributed by atoms with Gasteiger partial charge in [0.05, 0.1) is 0 Å². The summed E-state index contributed by atoms with van der Waals surface area (Å²) >= 11 is 0. The van der Waals surface area contributed by atoms with Gasteiger partial charge in [-0.3, -0.25) is 0 Å². The first kappa shape index (κ1) is 37.3. The zero-order chi connectivity index (χ0) is 36.4. The van der Waals surface area contributed by atoms with Crippen molar-refractivity contribution in [1.29, 1.82) is 0 Å². The van der Waals surface area contributed by atoms with Gasteiger partial charge < -0.3 is 8.37 Å². The van der Waals surface area contributed by atoms with Crippen LogP contribution in [0.1, 0.15) is 47.2 Å². The first-order chi connectivity index (χ1) is 22.8. The molecule has 14 heteroatoms. The number of halogens is 6. The molecule has 49 heavy (non-hydrogen) atoms. The zero-order valence-corrected chi connectivity index (χ0v) is 28.1. The molecule has 4 rings (SSSR count). The SMILES string of the molecule is CC=Cc1cc(C(c2ccc(OS(=O)(=O)c3ccccc3C)c(C=CC)c2)(C(F)(F)F)C(F)(F)F)ccc1OS(=O)(=O)c1ccccc1C. The van der Waals surface area contributed by atoms with E-state index in [9.17, 15) is 16.8 Å². The second-order valence-corrected chi connectivity index (χ2v) is 13.9. The van der Waals surface area contributed by atoms with Gasteiger partial charge in [-0.2, -0.15) is 43.2 Å². The largest absolute Gasteiger partial charge is 0.411 e. The molecule has 0 radical (unpaired) electrons. The highest BCUT2D eigenvalue weighted by Gasteiger charge is 2.72. The molecule has 260 valence electrons. The summed E-state index contributed by atoms with van der Waals surface area (Å²) in [6, 6.07) is 15.1. The Morgan fingerprint density at radius 2 is 0.898 bits per heavy atom. The molecule has 0 N–H and O–H groups in total. The molecule has 0 aliphatic rings. The van der Waals surface area contributed by atoms with Crippen molar-refractivity contribution in [3.8, 4) is 11.5 Å². The van der Waals surface area contributed by atoms with Crippen molar-refractivity contribution in [3.05, 3.63) is 130 Å². The van der Waals surface area contributed by atoms with Gasteiger partial charge in [-0.15, -0.1) is 0 Å². The molecule has 0 fully saturated rings. The Morgan fingerprint density at radius 3 is 1.20 bits per heavy atom. The summed E-state index contributed by atoms with van der Waals surface area (Å²) in [5, 5.41) is 0. The van der Waals surface area contributed by atoms with Gasteiger partial charge in [0.1, 0.15) is 21.3 Å². The number of hydrogen-bond donors (Lipinski definition) is 0. The number of alkyl halides is 6. The van der Waals surface area contributed by atoms with Crippen LogP contribution in [0.25, 0.3) is 12.2 Å². The lowest BCUT2D eigenvalue weighted by atomic mass is 9.72. The Hall–Kier alpha value is -4.56. The lowest BCUT2D eigenvalue weighted by Crippen LogP contribution is -2.54. The van der Waals surface area contributed by atoms with Crippen LogP contribution in [0.5, 0.6) is 11.5 Å². The van der Waals surface area contributed by atoms with Crippen LogP contribution in [0.3, 0.4) is 0 Å². The summed E-state index contributed by atoms with van der Waals surface area (Å²) in [5.74, 6) is -1.02. The van der Waals surface area contributed by atoms with E-state index in [4.69, 9.17) is 8.37 Å². The van der Waals surface area contributed by atoms with Gasteiger partial charge in [0.2, 0.25) is 5.41 Å². The maximum atomic E-state index is 15.1. The van der Waals surface area contributed by atoms with E-state index in [-0.39, 0.29) is 20.9 Å². The molecule has 0 atom stereocenters. The Morgan fingerprint density at radius 1 is 0.551 bits per heavy atom. The predicted octanol–water partition coefficient (Wildman–Crippen LogP) is 9.32. The quantitative estimate of drug-likeness (QED) is 0.120. The third kappa shape index (κ3) is 7.25. The van der Waals surface area contributed by atoms with Crippen molar-refractivity contribution in [2.45, 2.75) is 55.3 Å². The Kier molecular flexibility index (Phi) is 10.5. The third-order valence-corrected chi connectivity index (χ3v) is 10.3. The Bertz CT molecular complexity index is 1980. The minimum atomic E-state index is -6.02. The zero-order valence-electron chi connectivity index (χ0n) is 26.4. The van der Waals surface area contributed by atoms with Gasteiger partial charge in [-0.05, 0) is 86.3 Å². The smallest absolute Gasteiger partial charge is 0.378 e. The van der Waals surface area contributed by atoms with Gasteiger partial charge in [0, 0.05) is 11.1 Å². The van der Waals surface area contributed by atoms with Gasteiger partial charge in [-0.1, -0.05) is 72.8 Å². The van der Waals surface area contributed by atoms with E-state index < -0.39 is 60.6 Å². The monoisotopic (exact) mass is 724 g/mol.